The molecule has 0 aliphatic heterocycles. The van der Waals surface area contributed by atoms with E-state index in [0.717, 1.165) is 13.2 Å². The zero-order chi connectivity index (χ0) is 16.3. The number of methoxy groups -OCH3 is 1. The highest BCUT2D eigenvalue weighted by Crippen LogP contribution is 2.21. The highest BCUT2D eigenvalue weighted by Gasteiger charge is 2.32. The molecular formula is C12H18N2O6S. The maximum absolute atomic E-state index is 12.4. The largest absolute Gasteiger partial charge is 0.465 e. The van der Waals surface area contributed by atoms with Gasteiger partial charge < -0.3 is 20.7 Å². The Morgan fingerprint density at radius 1 is 1.38 bits per heavy atom. The number of esters is 1. The minimum atomic E-state index is -4.20. The van der Waals surface area contributed by atoms with Crippen molar-refractivity contribution in [3.8, 4) is 0 Å². The van der Waals surface area contributed by atoms with Crippen molar-refractivity contribution in [2.45, 2.75) is 17.4 Å². The summed E-state index contributed by atoms with van der Waals surface area (Å²) >= 11 is 0. The van der Waals surface area contributed by atoms with Crippen molar-refractivity contribution in [1.82, 2.24) is 4.72 Å². The van der Waals surface area contributed by atoms with Gasteiger partial charge in [-0.2, -0.15) is 0 Å². The second-order valence-electron chi connectivity index (χ2n) is 4.73. The maximum atomic E-state index is 12.4. The average molecular weight is 318 g/mol. The molecule has 0 unspecified atom stereocenters. The Balaban J connectivity index is 3.37. The van der Waals surface area contributed by atoms with Crippen LogP contribution in [0.4, 0.5) is 5.69 Å². The van der Waals surface area contributed by atoms with E-state index in [1.54, 1.807) is 0 Å². The molecule has 0 aromatic heterocycles. The second kappa shape index (κ2) is 6.39. The number of nitrogens with one attached hydrogen (secondary N) is 1. The molecule has 1 aromatic rings. The van der Waals surface area contributed by atoms with Gasteiger partial charge in [-0.3, -0.25) is 0 Å². The normalized spacial score (nSPS) is 12.2. The van der Waals surface area contributed by atoms with Gasteiger partial charge in [0.25, 0.3) is 0 Å². The molecule has 0 spiro atoms. The van der Waals surface area contributed by atoms with Crippen molar-refractivity contribution in [2.24, 2.45) is 0 Å². The lowest BCUT2D eigenvalue weighted by molar-refractivity contribution is 0.0596. The van der Waals surface area contributed by atoms with Crippen molar-refractivity contribution in [2.75, 3.05) is 26.1 Å². The van der Waals surface area contributed by atoms with Crippen LogP contribution in [0.1, 0.15) is 17.3 Å². The zero-order valence-corrected chi connectivity index (χ0v) is 12.5. The summed E-state index contributed by atoms with van der Waals surface area (Å²) in [7, 11) is -3.08. The van der Waals surface area contributed by atoms with E-state index in [9.17, 15) is 23.4 Å². The molecule has 21 heavy (non-hydrogen) atoms. The number of anilines is 1. The first-order valence-corrected chi connectivity index (χ1v) is 7.41. The fraction of sp³-hybridized carbons (Fsp3) is 0.417. The Morgan fingerprint density at radius 3 is 2.43 bits per heavy atom. The third-order valence-corrected chi connectivity index (χ3v) is 4.46. The van der Waals surface area contributed by atoms with Crippen LogP contribution in [0.2, 0.25) is 0 Å². The molecule has 0 atom stereocenters. The van der Waals surface area contributed by atoms with E-state index >= 15 is 0 Å². The van der Waals surface area contributed by atoms with Crippen LogP contribution in [0, 0.1) is 0 Å². The van der Waals surface area contributed by atoms with Crippen LogP contribution in [0.15, 0.2) is 23.1 Å². The average Bonchev–Trinajstić information content (AvgIpc) is 2.45. The standard InChI is InChI=1S/C12H18N2O6S/c1-12(6-15,7-16)14-21(18,19)10-5-8(13)3-4-9(10)11(17)20-2/h3-5,14-16H,6-7,13H2,1-2H3. The molecule has 9 heteroatoms. The number of aliphatic hydroxyl groups is 2. The third kappa shape index (κ3) is 3.91. The van der Waals surface area contributed by atoms with Gasteiger partial charge in [0.1, 0.15) is 0 Å². The Bertz CT molecular complexity index is 625. The van der Waals surface area contributed by atoms with Crippen LogP contribution < -0.4 is 10.5 Å². The number of aliphatic hydroxyl groups excluding tert-OH is 2. The predicted molar refractivity (Wildman–Crippen MR) is 75.1 cm³/mol. The summed E-state index contributed by atoms with van der Waals surface area (Å²) < 4.78 is 31.4. The van der Waals surface area contributed by atoms with Gasteiger partial charge in [0.2, 0.25) is 10.0 Å². The highest BCUT2D eigenvalue weighted by atomic mass is 32.2. The van der Waals surface area contributed by atoms with Crippen LogP contribution in [0.5, 0.6) is 0 Å². The molecule has 0 radical (unpaired) electrons. The number of carbonyl (C=O) groups excluding carboxylic acids is 1. The fourth-order valence-electron chi connectivity index (χ4n) is 1.53. The number of hydrogen-bond acceptors (Lipinski definition) is 7. The van der Waals surface area contributed by atoms with Gasteiger partial charge in [-0.25, -0.2) is 17.9 Å². The summed E-state index contributed by atoms with van der Waals surface area (Å²) in [5.41, 5.74) is 4.02. The first-order valence-electron chi connectivity index (χ1n) is 5.92. The van der Waals surface area contributed by atoms with Crippen molar-refractivity contribution < 1.29 is 28.2 Å². The lowest BCUT2D eigenvalue weighted by Gasteiger charge is -2.26. The Hall–Kier alpha value is -1.68. The van der Waals surface area contributed by atoms with Crippen LogP contribution >= 0.6 is 0 Å². The van der Waals surface area contributed by atoms with E-state index in [4.69, 9.17) is 5.73 Å². The van der Waals surface area contributed by atoms with Gasteiger partial charge in [0.15, 0.2) is 0 Å². The summed E-state index contributed by atoms with van der Waals surface area (Å²) in [5.74, 6) is -0.843. The summed E-state index contributed by atoms with van der Waals surface area (Å²) in [5, 5.41) is 18.3. The van der Waals surface area contributed by atoms with E-state index in [1.165, 1.54) is 19.1 Å². The van der Waals surface area contributed by atoms with E-state index < -0.39 is 34.7 Å². The molecule has 0 aliphatic rings. The number of sulfonamides is 1. The fourth-order valence-corrected chi connectivity index (χ4v) is 3.15. The van der Waals surface area contributed by atoms with Gasteiger partial charge in [0, 0.05) is 5.69 Å². The van der Waals surface area contributed by atoms with Gasteiger partial charge >= 0.3 is 5.97 Å². The molecule has 8 nitrogen and oxygen atoms in total. The third-order valence-electron chi connectivity index (χ3n) is 2.78. The van der Waals surface area contributed by atoms with Gasteiger partial charge in [0.05, 0.1) is 36.3 Å². The van der Waals surface area contributed by atoms with E-state index in [-0.39, 0.29) is 16.1 Å². The molecule has 0 aliphatic carbocycles. The van der Waals surface area contributed by atoms with E-state index in [2.05, 4.69) is 9.46 Å². The van der Waals surface area contributed by atoms with Crippen LogP contribution in [-0.4, -0.2) is 50.5 Å². The Morgan fingerprint density at radius 2 is 1.95 bits per heavy atom. The summed E-state index contributed by atoms with van der Waals surface area (Å²) in [6, 6.07) is 3.69. The number of nitrogens with two attached hydrogens (primary N) is 1. The number of rotatable bonds is 6. The molecule has 0 bridgehead atoms. The highest BCUT2D eigenvalue weighted by molar-refractivity contribution is 7.89. The van der Waals surface area contributed by atoms with Gasteiger partial charge in [-0.15, -0.1) is 0 Å². The van der Waals surface area contributed by atoms with Crippen LogP contribution in [0.25, 0.3) is 0 Å². The quantitative estimate of drug-likeness (QED) is 0.393. The molecule has 0 amide bonds. The minimum absolute atomic E-state index is 0.137. The van der Waals surface area contributed by atoms with Crippen LogP contribution in [-0.2, 0) is 14.8 Å². The maximum Gasteiger partial charge on any atom is 0.339 e. The predicted octanol–water partition coefficient (Wildman–Crippen LogP) is -0.923. The molecule has 1 aromatic carbocycles. The molecular weight excluding hydrogens is 300 g/mol. The second-order valence-corrected chi connectivity index (χ2v) is 6.38. The minimum Gasteiger partial charge on any atom is -0.465 e. The van der Waals surface area contributed by atoms with Crippen molar-refractivity contribution in [3.63, 3.8) is 0 Å². The lowest BCUT2D eigenvalue weighted by Crippen LogP contribution is -2.51. The number of nitrogen functional groups attached to an aromatic ring is 1. The Kier molecular flexibility index (Phi) is 5.29. The molecule has 0 heterocycles. The lowest BCUT2D eigenvalue weighted by atomic mass is 10.1. The molecule has 5 N–H and O–H groups in total. The monoisotopic (exact) mass is 318 g/mol. The van der Waals surface area contributed by atoms with Crippen LogP contribution in [0.3, 0.4) is 0 Å². The summed E-state index contributed by atoms with van der Waals surface area (Å²) in [6.45, 7) is 0.0614. The van der Waals surface area contributed by atoms with Gasteiger partial charge in [-0.05, 0) is 25.1 Å². The van der Waals surface area contributed by atoms with Crippen molar-refractivity contribution >= 4 is 21.7 Å². The smallest absolute Gasteiger partial charge is 0.339 e. The zero-order valence-electron chi connectivity index (χ0n) is 11.7. The van der Waals surface area contributed by atoms with Crippen molar-refractivity contribution in [3.05, 3.63) is 23.8 Å². The molecule has 0 saturated heterocycles. The molecule has 118 valence electrons. The SMILES string of the molecule is COC(=O)c1ccc(N)cc1S(=O)(=O)NC(C)(CO)CO. The van der Waals surface area contributed by atoms with Gasteiger partial charge in [-0.1, -0.05) is 0 Å². The van der Waals surface area contributed by atoms with Crippen molar-refractivity contribution in [1.29, 1.82) is 0 Å². The number of ether oxygens (including phenoxy) is 1. The summed E-state index contributed by atoms with van der Waals surface area (Å²) in [4.78, 5) is 11.3. The number of benzene rings is 1. The summed E-state index contributed by atoms with van der Waals surface area (Å²) in [6.07, 6.45) is 0. The number of hydrogen-bond donors (Lipinski definition) is 4. The number of carbonyl (C=O) groups is 1. The van der Waals surface area contributed by atoms with E-state index in [0.29, 0.717) is 0 Å². The Labute approximate surface area is 122 Å². The molecule has 1 rings (SSSR count). The molecule has 0 saturated carbocycles. The first kappa shape index (κ1) is 17.4. The van der Waals surface area contributed by atoms with E-state index in [1.807, 2.05) is 0 Å². The first-order chi connectivity index (χ1) is 9.69. The molecule has 0 fully saturated rings. The topological polar surface area (TPSA) is 139 Å².